The number of nitrogens with zero attached hydrogens (tertiary/aromatic N) is 2. The van der Waals surface area contributed by atoms with Crippen molar-refractivity contribution in [2.75, 3.05) is 32.8 Å². The van der Waals surface area contributed by atoms with Crippen molar-refractivity contribution in [2.24, 2.45) is 0 Å². The van der Waals surface area contributed by atoms with Gasteiger partial charge in [0, 0.05) is 38.8 Å². The molecule has 1 aliphatic rings. The maximum absolute atomic E-state index is 12.7. The summed E-state index contributed by atoms with van der Waals surface area (Å²) in [5.74, 6) is 0.385. The Kier molecular flexibility index (Phi) is 8.17. The van der Waals surface area contributed by atoms with Gasteiger partial charge in [0.2, 0.25) is 10.0 Å². The molecule has 1 fully saturated rings. The number of nitrogens with one attached hydrogen (secondary N) is 1. The van der Waals surface area contributed by atoms with Crippen LogP contribution in [-0.2, 0) is 21.4 Å². The number of carbonyl (C=O) groups is 1. The van der Waals surface area contributed by atoms with Crippen LogP contribution in [0.4, 0.5) is 0 Å². The smallest absolute Gasteiger partial charge is 0.260 e. The average molecular weight is 494 g/mol. The van der Waals surface area contributed by atoms with E-state index in [2.05, 4.69) is 21.8 Å². The molecular formula is C27H31N3O4S. The van der Waals surface area contributed by atoms with E-state index in [-0.39, 0.29) is 23.5 Å². The van der Waals surface area contributed by atoms with Crippen molar-refractivity contribution >= 4 is 15.9 Å². The van der Waals surface area contributed by atoms with E-state index < -0.39 is 10.0 Å². The number of rotatable bonds is 9. The van der Waals surface area contributed by atoms with Crippen molar-refractivity contribution in [3.63, 3.8) is 0 Å². The van der Waals surface area contributed by atoms with Crippen molar-refractivity contribution < 1.29 is 17.9 Å². The summed E-state index contributed by atoms with van der Waals surface area (Å²) in [4.78, 5) is 16.9. The van der Waals surface area contributed by atoms with Crippen LogP contribution in [0.2, 0.25) is 0 Å². The highest BCUT2D eigenvalue weighted by Crippen LogP contribution is 2.20. The highest BCUT2D eigenvalue weighted by atomic mass is 32.2. The monoisotopic (exact) mass is 493 g/mol. The van der Waals surface area contributed by atoms with E-state index in [1.54, 1.807) is 19.1 Å². The Morgan fingerprint density at radius 1 is 0.886 bits per heavy atom. The van der Waals surface area contributed by atoms with Crippen LogP contribution < -0.4 is 9.46 Å². The molecule has 1 N–H and O–H groups in total. The van der Waals surface area contributed by atoms with Gasteiger partial charge in [-0.05, 0) is 42.3 Å². The molecule has 4 rings (SSSR count). The van der Waals surface area contributed by atoms with Gasteiger partial charge in [0.25, 0.3) is 5.91 Å². The number of carbonyl (C=O) groups excluding carboxylic acids is 1. The number of benzene rings is 3. The van der Waals surface area contributed by atoms with Gasteiger partial charge in [0.15, 0.2) is 6.61 Å². The second-order valence-corrected chi connectivity index (χ2v) is 10.4. The van der Waals surface area contributed by atoms with Gasteiger partial charge in [-0.25, -0.2) is 13.1 Å². The molecule has 7 nitrogen and oxygen atoms in total. The first kappa shape index (κ1) is 24.9. The average Bonchev–Trinajstić information content (AvgIpc) is 2.89. The van der Waals surface area contributed by atoms with E-state index in [1.807, 2.05) is 53.4 Å². The van der Waals surface area contributed by atoms with E-state index in [0.717, 1.165) is 25.2 Å². The molecule has 35 heavy (non-hydrogen) atoms. The second kappa shape index (κ2) is 11.5. The molecule has 8 heteroatoms. The first-order valence-electron chi connectivity index (χ1n) is 11.7. The fourth-order valence-electron chi connectivity index (χ4n) is 4.06. The first-order valence-corrected chi connectivity index (χ1v) is 13.2. The molecule has 1 saturated heterocycles. The standard InChI is InChI=1S/C27H31N3O4S/c1-22(24-10-6-3-7-11-24)28-35(32,33)26-14-12-25(13-15-26)34-21-27(31)30-18-16-29(17-19-30)20-23-8-4-2-5-9-23/h2-15,22,28H,16-21H2,1H3/t22-/m0/s1. The van der Waals surface area contributed by atoms with Crippen molar-refractivity contribution in [1.29, 1.82) is 0 Å². The van der Waals surface area contributed by atoms with Gasteiger partial charge in [-0.1, -0.05) is 60.7 Å². The second-order valence-electron chi connectivity index (χ2n) is 8.66. The maximum atomic E-state index is 12.7. The Morgan fingerprint density at radius 3 is 2.11 bits per heavy atom. The van der Waals surface area contributed by atoms with Crippen LogP contribution in [0.5, 0.6) is 5.75 Å². The summed E-state index contributed by atoms with van der Waals surface area (Å²) in [6, 6.07) is 25.5. The minimum atomic E-state index is -3.69. The third-order valence-electron chi connectivity index (χ3n) is 6.10. The summed E-state index contributed by atoms with van der Waals surface area (Å²) in [5, 5.41) is 0. The molecule has 0 bridgehead atoms. The Bertz CT molecular complexity index is 1190. The molecule has 0 unspecified atom stereocenters. The van der Waals surface area contributed by atoms with Crippen molar-refractivity contribution in [2.45, 2.75) is 24.4 Å². The number of amides is 1. The summed E-state index contributed by atoms with van der Waals surface area (Å²) < 4.78 is 33.8. The third-order valence-corrected chi connectivity index (χ3v) is 7.66. The molecule has 1 amide bonds. The predicted octanol–water partition coefficient (Wildman–Crippen LogP) is 3.45. The highest BCUT2D eigenvalue weighted by molar-refractivity contribution is 7.89. The van der Waals surface area contributed by atoms with E-state index in [9.17, 15) is 13.2 Å². The van der Waals surface area contributed by atoms with Crippen molar-refractivity contribution in [3.8, 4) is 5.75 Å². The zero-order valence-electron chi connectivity index (χ0n) is 19.8. The minimum absolute atomic E-state index is 0.0700. The zero-order chi connectivity index (χ0) is 24.7. The molecule has 0 spiro atoms. The Labute approximate surface area is 207 Å². The highest BCUT2D eigenvalue weighted by Gasteiger charge is 2.22. The number of hydrogen-bond acceptors (Lipinski definition) is 5. The Morgan fingerprint density at radius 2 is 1.49 bits per heavy atom. The lowest BCUT2D eigenvalue weighted by Crippen LogP contribution is -2.49. The van der Waals surface area contributed by atoms with E-state index in [0.29, 0.717) is 18.8 Å². The summed E-state index contributed by atoms with van der Waals surface area (Å²) in [6.45, 7) is 5.58. The van der Waals surface area contributed by atoms with Crippen LogP contribution in [0.25, 0.3) is 0 Å². The minimum Gasteiger partial charge on any atom is -0.484 e. The molecule has 3 aromatic rings. The summed E-state index contributed by atoms with van der Waals surface area (Å²) in [6.07, 6.45) is 0. The molecule has 184 valence electrons. The van der Waals surface area contributed by atoms with Crippen LogP contribution in [0, 0.1) is 0 Å². The molecular weight excluding hydrogens is 462 g/mol. The van der Waals surface area contributed by atoms with Crippen molar-refractivity contribution in [1.82, 2.24) is 14.5 Å². The predicted molar refractivity (Wildman–Crippen MR) is 135 cm³/mol. The van der Waals surface area contributed by atoms with Crippen LogP contribution >= 0.6 is 0 Å². The van der Waals surface area contributed by atoms with Gasteiger partial charge in [0.1, 0.15) is 5.75 Å². The quantitative estimate of drug-likeness (QED) is 0.494. The Balaban J connectivity index is 1.24. The molecule has 1 aliphatic heterocycles. The SMILES string of the molecule is C[C@H](NS(=O)(=O)c1ccc(OCC(=O)N2CCN(Cc3ccccc3)CC2)cc1)c1ccccc1. The normalized spacial score (nSPS) is 15.5. The molecule has 0 aliphatic carbocycles. The zero-order valence-corrected chi connectivity index (χ0v) is 20.7. The maximum Gasteiger partial charge on any atom is 0.260 e. The summed E-state index contributed by atoms with van der Waals surface area (Å²) >= 11 is 0. The fraction of sp³-hybridized carbons (Fsp3) is 0.296. The van der Waals surface area contributed by atoms with E-state index >= 15 is 0 Å². The lowest BCUT2D eigenvalue weighted by Gasteiger charge is -2.34. The molecule has 1 heterocycles. The van der Waals surface area contributed by atoms with Gasteiger partial charge >= 0.3 is 0 Å². The lowest BCUT2D eigenvalue weighted by molar-refractivity contribution is -0.135. The lowest BCUT2D eigenvalue weighted by atomic mass is 10.1. The van der Waals surface area contributed by atoms with E-state index in [1.165, 1.54) is 17.7 Å². The van der Waals surface area contributed by atoms with Crippen LogP contribution in [0.3, 0.4) is 0 Å². The number of sulfonamides is 1. The number of hydrogen-bond donors (Lipinski definition) is 1. The van der Waals surface area contributed by atoms with Crippen molar-refractivity contribution in [3.05, 3.63) is 96.1 Å². The largest absolute Gasteiger partial charge is 0.484 e. The van der Waals surface area contributed by atoms with Crippen LogP contribution in [-0.4, -0.2) is 56.9 Å². The van der Waals surface area contributed by atoms with Crippen LogP contribution in [0.1, 0.15) is 24.1 Å². The van der Waals surface area contributed by atoms with Gasteiger partial charge in [-0.2, -0.15) is 0 Å². The first-order chi connectivity index (χ1) is 16.9. The topological polar surface area (TPSA) is 78.9 Å². The van der Waals surface area contributed by atoms with Crippen LogP contribution in [0.15, 0.2) is 89.8 Å². The molecule has 0 aromatic heterocycles. The number of piperazine rings is 1. The van der Waals surface area contributed by atoms with E-state index in [4.69, 9.17) is 4.74 Å². The van der Waals surface area contributed by atoms with Gasteiger partial charge in [-0.3, -0.25) is 9.69 Å². The van der Waals surface area contributed by atoms with Gasteiger partial charge < -0.3 is 9.64 Å². The molecule has 0 radical (unpaired) electrons. The van der Waals surface area contributed by atoms with Gasteiger partial charge in [0.05, 0.1) is 4.90 Å². The van der Waals surface area contributed by atoms with Gasteiger partial charge in [-0.15, -0.1) is 0 Å². The molecule has 0 saturated carbocycles. The summed E-state index contributed by atoms with van der Waals surface area (Å²) in [7, 11) is -3.69. The molecule has 1 atom stereocenters. The Hall–Kier alpha value is -3.20. The summed E-state index contributed by atoms with van der Waals surface area (Å²) in [5.41, 5.74) is 2.15. The number of ether oxygens (including phenoxy) is 1. The third kappa shape index (κ3) is 6.91. The molecule has 3 aromatic carbocycles. The fourth-order valence-corrected chi connectivity index (χ4v) is 5.29.